The Hall–Kier alpha value is 0.0200. The number of hydrogen-bond donors (Lipinski definition) is 0. The van der Waals surface area contributed by atoms with Gasteiger partial charge in [0.25, 0.3) is 0 Å². The van der Waals surface area contributed by atoms with Gasteiger partial charge in [0.05, 0.1) is 5.25 Å². The van der Waals surface area contributed by atoms with E-state index in [9.17, 15) is 4.79 Å². The maximum Gasteiger partial charge on any atom is 0.148 e. The third-order valence-electron chi connectivity index (χ3n) is 4.60. The number of hydrogen-bond acceptors (Lipinski definition) is 2. The summed E-state index contributed by atoms with van der Waals surface area (Å²) in [6, 6.07) is 0. The largest absolute Gasteiger partial charge is 0.298 e. The fraction of sp³-hybridized carbons (Fsp3) is 0.933. The van der Waals surface area contributed by atoms with Crippen LogP contribution >= 0.6 is 11.8 Å². The smallest absolute Gasteiger partial charge is 0.148 e. The van der Waals surface area contributed by atoms with Crippen LogP contribution in [0.5, 0.6) is 0 Å². The number of Topliss-reactive ketones (excluding diaryl/α,β-unsaturated/α-hetero) is 1. The van der Waals surface area contributed by atoms with Gasteiger partial charge < -0.3 is 0 Å². The van der Waals surface area contributed by atoms with E-state index in [-0.39, 0.29) is 0 Å². The lowest BCUT2D eigenvalue weighted by atomic mass is 9.69. The van der Waals surface area contributed by atoms with Gasteiger partial charge in [0, 0.05) is 5.92 Å². The molecule has 1 atom stereocenters. The molecule has 1 aliphatic carbocycles. The van der Waals surface area contributed by atoms with E-state index in [4.69, 9.17) is 0 Å². The van der Waals surface area contributed by atoms with E-state index in [0.29, 0.717) is 22.4 Å². The molecule has 17 heavy (non-hydrogen) atoms. The highest BCUT2D eigenvalue weighted by molar-refractivity contribution is 8.00. The molecule has 0 spiro atoms. The summed E-state index contributed by atoms with van der Waals surface area (Å²) in [6.07, 6.45) is 7.21. The van der Waals surface area contributed by atoms with Crippen molar-refractivity contribution in [2.24, 2.45) is 17.3 Å². The number of rotatable bonds is 2. The van der Waals surface area contributed by atoms with E-state index in [1.807, 2.05) is 11.8 Å². The minimum absolute atomic E-state index is 0.353. The Kier molecular flexibility index (Phi) is 4.22. The predicted molar refractivity (Wildman–Crippen MR) is 75.4 cm³/mol. The molecule has 2 heteroatoms. The van der Waals surface area contributed by atoms with Gasteiger partial charge in [-0.15, -0.1) is 0 Å². The van der Waals surface area contributed by atoms with Crippen molar-refractivity contribution in [2.75, 3.05) is 5.75 Å². The molecular weight excluding hydrogens is 228 g/mol. The van der Waals surface area contributed by atoms with Gasteiger partial charge in [0.1, 0.15) is 5.78 Å². The average Bonchev–Trinajstić information content (AvgIpc) is 2.80. The Bertz CT molecular complexity index is 265. The summed E-state index contributed by atoms with van der Waals surface area (Å²) in [5.74, 6) is 3.00. The monoisotopic (exact) mass is 254 g/mol. The van der Waals surface area contributed by atoms with Crippen LogP contribution in [0.15, 0.2) is 0 Å². The molecule has 0 aromatic carbocycles. The van der Waals surface area contributed by atoms with Crippen LogP contribution in [0.1, 0.15) is 59.3 Å². The van der Waals surface area contributed by atoms with E-state index in [1.54, 1.807) is 0 Å². The molecule has 1 unspecified atom stereocenters. The summed E-state index contributed by atoms with van der Waals surface area (Å²) < 4.78 is 0. The Morgan fingerprint density at radius 2 is 1.71 bits per heavy atom. The Labute approximate surface area is 110 Å². The number of carbonyl (C=O) groups excluding carboxylic acids is 1. The number of ketones is 1. The van der Waals surface area contributed by atoms with Crippen molar-refractivity contribution in [3.8, 4) is 0 Å². The predicted octanol–water partition coefficient (Wildman–Crippen LogP) is 4.30. The van der Waals surface area contributed by atoms with Gasteiger partial charge in [-0.1, -0.05) is 20.8 Å². The van der Waals surface area contributed by atoms with Crippen LogP contribution in [-0.2, 0) is 4.79 Å². The van der Waals surface area contributed by atoms with Gasteiger partial charge in [-0.25, -0.2) is 0 Å². The van der Waals surface area contributed by atoms with Gasteiger partial charge in [-0.05, 0) is 55.6 Å². The minimum Gasteiger partial charge on any atom is -0.298 e. The van der Waals surface area contributed by atoms with Gasteiger partial charge in [0.15, 0.2) is 0 Å². The molecule has 0 radical (unpaired) electrons. The van der Waals surface area contributed by atoms with Gasteiger partial charge in [-0.2, -0.15) is 11.8 Å². The zero-order valence-corrected chi connectivity index (χ0v) is 12.3. The van der Waals surface area contributed by atoms with Crippen molar-refractivity contribution in [2.45, 2.75) is 64.5 Å². The highest BCUT2D eigenvalue weighted by Crippen LogP contribution is 2.41. The van der Waals surface area contributed by atoms with Crippen molar-refractivity contribution in [1.82, 2.24) is 0 Å². The molecule has 1 aliphatic heterocycles. The van der Waals surface area contributed by atoms with Crippen molar-refractivity contribution in [3.05, 3.63) is 0 Å². The van der Waals surface area contributed by atoms with E-state index in [2.05, 4.69) is 20.8 Å². The van der Waals surface area contributed by atoms with E-state index in [0.717, 1.165) is 25.2 Å². The first-order valence-corrected chi connectivity index (χ1v) is 8.18. The topological polar surface area (TPSA) is 17.1 Å². The van der Waals surface area contributed by atoms with Crippen LogP contribution in [-0.4, -0.2) is 16.8 Å². The van der Waals surface area contributed by atoms with Crippen molar-refractivity contribution < 1.29 is 4.79 Å². The van der Waals surface area contributed by atoms with Crippen LogP contribution in [0.2, 0.25) is 0 Å². The number of carbonyl (C=O) groups is 1. The molecule has 1 saturated carbocycles. The first kappa shape index (κ1) is 13.5. The lowest BCUT2D eigenvalue weighted by Gasteiger charge is -2.37. The number of thioether (sulfide) groups is 1. The lowest BCUT2D eigenvalue weighted by molar-refractivity contribution is -0.123. The van der Waals surface area contributed by atoms with Crippen LogP contribution in [0, 0.1) is 17.3 Å². The molecule has 2 fully saturated rings. The molecule has 0 N–H and O–H groups in total. The third-order valence-corrected chi connectivity index (χ3v) is 6.00. The van der Waals surface area contributed by atoms with Crippen LogP contribution in [0.4, 0.5) is 0 Å². The Morgan fingerprint density at radius 3 is 2.18 bits per heavy atom. The maximum absolute atomic E-state index is 12.3. The van der Waals surface area contributed by atoms with Crippen molar-refractivity contribution in [1.29, 1.82) is 0 Å². The molecule has 0 aromatic heterocycles. The molecule has 2 aliphatic rings. The second-order valence-corrected chi connectivity index (χ2v) is 8.13. The highest BCUT2D eigenvalue weighted by atomic mass is 32.2. The third kappa shape index (κ3) is 3.27. The van der Waals surface area contributed by atoms with E-state index in [1.165, 1.54) is 25.0 Å². The second kappa shape index (κ2) is 5.34. The van der Waals surface area contributed by atoms with Crippen molar-refractivity contribution in [3.63, 3.8) is 0 Å². The molecule has 0 amide bonds. The molecule has 0 bridgehead atoms. The zero-order chi connectivity index (χ0) is 12.5. The lowest BCUT2D eigenvalue weighted by Crippen LogP contribution is -2.32. The molecule has 98 valence electrons. The summed E-state index contributed by atoms with van der Waals surface area (Å²) in [5.41, 5.74) is 0.427. The second-order valence-electron chi connectivity index (χ2n) is 6.82. The zero-order valence-electron chi connectivity index (χ0n) is 11.5. The average molecular weight is 254 g/mol. The fourth-order valence-corrected chi connectivity index (χ4v) is 4.62. The molecule has 1 saturated heterocycles. The molecule has 1 heterocycles. The molecule has 1 nitrogen and oxygen atoms in total. The highest BCUT2D eigenvalue weighted by Gasteiger charge is 2.35. The Balaban J connectivity index is 1.84. The Morgan fingerprint density at radius 1 is 1.06 bits per heavy atom. The van der Waals surface area contributed by atoms with Gasteiger partial charge in [0.2, 0.25) is 0 Å². The van der Waals surface area contributed by atoms with Gasteiger partial charge >= 0.3 is 0 Å². The van der Waals surface area contributed by atoms with Crippen LogP contribution < -0.4 is 0 Å². The summed E-state index contributed by atoms with van der Waals surface area (Å²) in [7, 11) is 0. The molecule has 0 aromatic rings. The minimum atomic E-state index is 0.353. The standard InChI is InChI=1S/C15H26OS/c1-15(2,3)12-8-6-11(7-9-12)14(16)13-5-4-10-17-13/h11-13H,4-10H2,1-3H3. The fourth-order valence-electron chi connectivity index (χ4n) is 3.31. The van der Waals surface area contributed by atoms with Gasteiger partial charge in [-0.3, -0.25) is 4.79 Å². The summed E-state index contributed by atoms with van der Waals surface area (Å²) >= 11 is 1.90. The van der Waals surface area contributed by atoms with E-state index < -0.39 is 0 Å². The molecular formula is C15H26OS. The quantitative estimate of drug-likeness (QED) is 0.730. The van der Waals surface area contributed by atoms with E-state index >= 15 is 0 Å². The van der Waals surface area contributed by atoms with Crippen LogP contribution in [0.3, 0.4) is 0 Å². The first-order valence-electron chi connectivity index (χ1n) is 7.14. The summed E-state index contributed by atoms with van der Waals surface area (Å²) in [4.78, 5) is 12.3. The summed E-state index contributed by atoms with van der Waals surface area (Å²) in [6.45, 7) is 7.02. The summed E-state index contributed by atoms with van der Waals surface area (Å²) in [5, 5.41) is 0.353. The first-order chi connectivity index (χ1) is 7.98. The molecule has 2 rings (SSSR count). The van der Waals surface area contributed by atoms with Crippen LogP contribution in [0.25, 0.3) is 0 Å². The van der Waals surface area contributed by atoms with Crippen molar-refractivity contribution >= 4 is 17.5 Å². The maximum atomic E-state index is 12.3. The normalized spacial score (nSPS) is 34.9. The SMILES string of the molecule is CC(C)(C)C1CCC(C(=O)C2CCCS2)CC1.